The third kappa shape index (κ3) is 3.66. The third-order valence-corrected chi connectivity index (χ3v) is 2.99. The van der Waals surface area contributed by atoms with Crippen LogP contribution in [0.15, 0.2) is 34.9 Å². The number of ether oxygens (including phenoxy) is 1. The zero-order valence-corrected chi connectivity index (χ0v) is 12.4. The highest BCUT2D eigenvalue weighted by atomic mass is 79.9. The van der Waals surface area contributed by atoms with Crippen LogP contribution in [0.4, 0.5) is 14.6 Å². The van der Waals surface area contributed by atoms with E-state index in [4.69, 9.17) is 4.74 Å². The quantitative estimate of drug-likeness (QED) is 0.829. The molecule has 1 aromatic heterocycles. The topological polar surface area (TPSA) is 34.1 Å². The van der Waals surface area contributed by atoms with Crippen molar-refractivity contribution in [1.29, 1.82) is 0 Å². The zero-order chi connectivity index (χ0) is 14.5. The van der Waals surface area contributed by atoms with Gasteiger partial charge >= 0.3 is 0 Å². The van der Waals surface area contributed by atoms with E-state index in [0.29, 0.717) is 4.47 Å². The molecule has 1 aromatic carbocycles. The molecular weight excluding hydrogens is 330 g/mol. The first kappa shape index (κ1) is 14.7. The fourth-order valence-electron chi connectivity index (χ4n) is 1.59. The first-order valence-corrected chi connectivity index (χ1v) is 6.85. The Morgan fingerprint density at radius 2 is 2.10 bits per heavy atom. The number of nitrogens with zero attached hydrogens (tertiary/aromatic N) is 1. The lowest BCUT2D eigenvalue weighted by Gasteiger charge is -2.09. The van der Waals surface area contributed by atoms with Gasteiger partial charge in [0.05, 0.1) is 0 Å². The fraction of sp³-hybridized carbons (Fsp3) is 0.214. The molecule has 0 fully saturated rings. The van der Waals surface area contributed by atoms with Crippen LogP contribution < -0.4 is 10.1 Å². The van der Waals surface area contributed by atoms with E-state index >= 15 is 0 Å². The van der Waals surface area contributed by atoms with Crippen LogP contribution in [0, 0.1) is 11.6 Å². The average Bonchev–Trinajstić information content (AvgIpc) is 2.43. The largest absolute Gasteiger partial charge is 0.486 e. The molecule has 0 aliphatic heterocycles. The molecule has 106 valence electrons. The second kappa shape index (κ2) is 6.65. The van der Waals surface area contributed by atoms with Gasteiger partial charge in [0.2, 0.25) is 5.82 Å². The third-order valence-electron chi connectivity index (χ3n) is 2.54. The molecule has 0 spiro atoms. The molecular formula is C14H13BrF2N2O. The number of benzene rings is 1. The van der Waals surface area contributed by atoms with E-state index in [9.17, 15) is 8.78 Å². The Morgan fingerprint density at radius 3 is 2.75 bits per heavy atom. The van der Waals surface area contributed by atoms with Gasteiger partial charge in [0, 0.05) is 22.8 Å². The smallest absolute Gasteiger partial charge is 0.200 e. The summed E-state index contributed by atoms with van der Waals surface area (Å²) in [5, 5.41) is 3.06. The Labute approximate surface area is 124 Å². The summed E-state index contributed by atoms with van der Waals surface area (Å²) in [6.45, 7) is 2.88. The zero-order valence-electron chi connectivity index (χ0n) is 10.8. The Morgan fingerprint density at radius 1 is 1.30 bits per heavy atom. The molecule has 0 saturated heterocycles. The molecule has 1 heterocycles. The van der Waals surface area contributed by atoms with Gasteiger partial charge in [0.15, 0.2) is 11.6 Å². The maximum absolute atomic E-state index is 13.5. The van der Waals surface area contributed by atoms with Crippen molar-refractivity contribution < 1.29 is 13.5 Å². The standard InChI is InChI=1S/C14H13BrF2N2O/c1-2-18-13-4-3-9(7-19-13)8-20-12-6-10(15)5-11(16)14(12)17/h3-7H,2,8H2,1H3,(H,18,19). The van der Waals surface area contributed by atoms with Crippen LogP contribution in [0.2, 0.25) is 0 Å². The maximum Gasteiger partial charge on any atom is 0.200 e. The van der Waals surface area contributed by atoms with Crippen LogP contribution in [-0.4, -0.2) is 11.5 Å². The van der Waals surface area contributed by atoms with Gasteiger partial charge in [-0.15, -0.1) is 0 Å². The minimum atomic E-state index is -0.995. The number of rotatable bonds is 5. The average molecular weight is 343 g/mol. The summed E-state index contributed by atoms with van der Waals surface area (Å²) in [5.41, 5.74) is 0.770. The lowest BCUT2D eigenvalue weighted by Crippen LogP contribution is -2.02. The van der Waals surface area contributed by atoms with E-state index in [1.54, 1.807) is 12.3 Å². The van der Waals surface area contributed by atoms with Gasteiger partial charge in [-0.25, -0.2) is 9.37 Å². The van der Waals surface area contributed by atoms with Crippen molar-refractivity contribution in [3.05, 3.63) is 52.1 Å². The monoisotopic (exact) mass is 342 g/mol. The summed E-state index contributed by atoms with van der Waals surface area (Å²) in [4.78, 5) is 4.17. The van der Waals surface area contributed by atoms with E-state index in [1.165, 1.54) is 6.07 Å². The highest BCUT2D eigenvalue weighted by Gasteiger charge is 2.11. The number of nitrogens with one attached hydrogen (secondary N) is 1. The minimum absolute atomic E-state index is 0.117. The molecule has 3 nitrogen and oxygen atoms in total. The highest BCUT2D eigenvalue weighted by molar-refractivity contribution is 9.10. The van der Waals surface area contributed by atoms with Crippen LogP contribution in [0.1, 0.15) is 12.5 Å². The van der Waals surface area contributed by atoms with Crippen molar-refractivity contribution >= 4 is 21.7 Å². The number of halogens is 3. The van der Waals surface area contributed by atoms with Crippen LogP contribution in [-0.2, 0) is 6.61 Å². The number of anilines is 1. The molecule has 0 atom stereocenters. The van der Waals surface area contributed by atoms with Crippen LogP contribution >= 0.6 is 15.9 Å². The Hall–Kier alpha value is -1.69. The van der Waals surface area contributed by atoms with Crippen LogP contribution in [0.3, 0.4) is 0 Å². The summed E-state index contributed by atoms with van der Waals surface area (Å²) in [6, 6.07) is 6.06. The Bertz CT molecular complexity index is 590. The number of hydrogen-bond acceptors (Lipinski definition) is 3. The number of pyridine rings is 1. The van der Waals surface area contributed by atoms with E-state index < -0.39 is 11.6 Å². The molecule has 0 amide bonds. The van der Waals surface area contributed by atoms with Crippen molar-refractivity contribution in [2.75, 3.05) is 11.9 Å². The predicted molar refractivity (Wildman–Crippen MR) is 76.8 cm³/mol. The lowest BCUT2D eigenvalue weighted by molar-refractivity contribution is 0.284. The minimum Gasteiger partial charge on any atom is -0.486 e. The molecule has 2 rings (SSSR count). The summed E-state index contributed by atoms with van der Waals surface area (Å²) < 4.78 is 32.4. The van der Waals surface area contributed by atoms with Crippen molar-refractivity contribution in [2.24, 2.45) is 0 Å². The second-order valence-electron chi connectivity index (χ2n) is 4.07. The molecule has 6 heteroatoms. The lowest BCUT2D eigenvalue weighted by atomic mass is 10.3. The van der Waals surface area contributed by atoms with Gasteiger partial charge in [-0.2, -0.15) is 4.39 Å². The van der Waals surface area contributed by atoms with Gasteiger partial charge in [-0.05, 0) is 25.1 Å². The van der Waals surface area contributed by atoms with E-state index in [-0.39, 0.29) is 12.4 Å². The molecule has 0 unspecified atom stereocenters. The highest BCUT2D eigenvalue weighted by Crippen LogP contribution is 2.26. The van der Waals surface area contributed by atoms with Gasteiger partial charge in [-0.3, -0.25) is 0 Å². The normalized spacial score (nSPS) is 10.4. The Balaban J connectivity index is 2.05. The Kier molecular flexibility index (Phi) is 4.89. The van der Waals surface area contributed by atoms with Gasteiger partial charge in [-0.1, -0.05) is 22.0 Å². The van der Waals surface area contributed by atoms with E-state index in [0.717, 1.165) is 24.0 Å². The van der Waals surface area contributed by atoms with Crippen molar-refractivity contribution in [2.45, 2.75) is 13.5 Å². The maximum atomic E-state index is 13.5. The molecule has 0 aliphatic rings. The molecule has 1 N–H and O–H groups in total. The molecule has 20 heavy (non-hydrogen) atoms. The predicted octanol–water partition coefficient (Wildman–Crippen LogP) is 4.13. The van der Waals surface area contributed by atoms with Gasteiger partial charge in [0.25, 0.3) is 0 Å². The van der Waals surface area contributed by atoms with Gasteiger partial charge < -0.3 is 10.1 Å². The number of aromatic nitrogens is 1. The van der Waals surface area contributed by atoms with Crippen LogP contribution in [0.5, 0.6) is 5.75 Å². The van der Waals surface area contributed by atoms with E-state index in [2.05, 4.69) is 26.2 Å². The summed E-state index contributed by atoms with van der Waals surface area (Å²) in [7, 11) is 0. The van der Waals surface area contributed by atoms with Crippen molar-refractivity contribution in [3.8, 4) is 5.75 Å². The summed E-state index contributed by atoms with van der Waals surface area (Å²) in [6.07, 6.45) is 1.63. The first-order chi connectivity index (χ1) is 9.60. The molecule has 0 radical (unpaired) electrons. The first-order valence-electron chi connectivity index (χ1n) is 6.06. The van der Waals surface area contributed by atoms with Crippen molar-refractivity contribution in [1.82, 2.24) is 4.98 Å². The van der Waals surface area contributed by atoms with E-state index in [1.807, 2.05) is 13.0 Å². The molecule has 0 aliphatic carbocycles. The molecule has 2 aromatic rings. The molecule has 0 saturated carbocycles. The van der Waals surface area contributed by atoms with Gasteiger partial charge in [0.1, 0.15) is 12.4 Å². The summed E-state index contributed by atoms with van der Waals surface area (Å²) >= 11 is 3.09. The fourth-order valence-corrected chi connectivity index (χ4v) is 2.00. The number of hydrogen-bond donors (Lipinski definition) is 1. The molecule has 0 bridgehead atoms. The second-order valence-corrected chi connectivity index (χ2v) is 4.99. The SMILES string of the molecule is CCNc1ccc(COc2cc(Br)cc(F)c2F)cn1. The summed E-state index contributed by atoms with van der Waals surface area (Å²) in [5.74, 6) is -1.32. The van der Waals surface area contributed by atoms with Crippen molar-refractivity contribution in [3.63, 3.8) is 0 Å². The van der Waals surface area contributed by atoms with Crippen LogP contribution in [0.25, 0.3) is 0 Å².